The molecule has 0 N–H and O–H groups in total. The van der Waals surface area contributed by atoms with Gasteiger partial charge in [0.1, 0.15) is 0 Å². The maximum atomic E-state index is 2.38. The van der Waals surface area contributed by atoms with E-state index in [0.717, 1.165) is 5.92 Å². The summed E-state index contributed by atoms with van der Waals surface area (Å²) in [5, 5.41) is 0. The molecule has 0 aromatic carbocycles. The predicted octanol–water partition coefficient (Wildman–Crippen LogP) is 5.81. The van der Waals surface area contributed by atoms with Gasteiger partial charge in [-0.3, -0.25) is 0 Å². The molecule has 0 spiro atoms. The van der Waals surface area contributed by atoms with Crippen molar-refractivity contribution in [3.8, 4) is 0 Å². The topological polar surface area (TPSA) is 0 Å². The second-order valence-corrected chi connectivity index (χ2v) is 5.60. The van der Waals surface area contributed by atoms with Crippen LogP contribution in [0.1, 0.15) is 86.0 Å². The van der Waals surface area contributed by atoms with Crippen molar-refractivity contribution >= 4 is 0 Å². The van der Waals surface area contributed by atoms with Crippen LogP contribution in [0, 0.1) is 11.3 Å². The largest absolute Gasteiger partial charge is 0.0654 e. The smallest absolute Gasteiger partial charge is 0.0303 e. The van der Waals surface area contributed by atoms with Crippen molar-refractivity contribution in [2.45, 2.75) is 86.0 Å². The molecule has 0 fully saturated rings. The predicted molar refractivity (Wildman–Crippen MR) is 71.2 cm³/mol. The van der Waals surface area contributed by atoms with Gasteiger partial charge in [0.25, 0.3) is 0 Å². The lowest BCUT2D eigenvalue weighted by atomic mass is 9.74. The molecule has 15 heavy (non-hydrogen) atoms. The normalized spacial score (nSPS) is 12.4. The van der Waals surface area contributed by atoms with Gasteiger partial charge in [0.15, 0.2) is 0 Å². The Morgan fingerprint density at radius 2 is 1.40 bits per heavy atom. The molecule has 0 radical (unpaired) electrons. The maximum Gasteiger partial charge on any atom is -0.0303 e. The van der Waals surface area contributed by atoms with Crippen LogP contribution in [0.3, 0.4) is 0 Å². The fourth-order valence-electron chi connectivity index (χ4n) is 2.52. The number of unbranched alkanes of at least 4 members (excludes halogenated alkanes) is 1. The van der Waals surface area contributed by atoms with E-state index in [9.17, 15) is 0 Å². The van der Waals surface area contributed by atoms with Crippen LogP contribution in [-0.2, 0) is 0 Å². The van der Waals surface area contributed by atoms with Crippen molar-refractivity contribution in [2.24, 2.45) is 11.3 Å². The van der Waals surface area contributed by atoms with Gasteiger partial charge < -0.3 is 0 Å². The van der Waals surface area contributed by atoms with Crippen LogP contribution in [0.25, 0.3) is 0 Å². The highest BCUT2D eigenvalue weighted by Crippen LogP contribution is 2.38. The Hall–Kier alpha value is 0. The van der Waals surface area contributed by atoms with Crippen LogP contribution in [0.2, 0.25) is 0 Å². The van der Waals surface area contributed by atoms with E-state index in [1.807, 2.05) is 0 Å². The first kappa shape index (κ1) is 15.0. The molecule has 0 bridgehead atoms. The first-order chi connectivity index (χ1) is 7.10. The zero-order valence-electron chi connectivity index (χ0n) is 11.7. The molecule has 0 atom stereocenters. The van der Waals surface area contributed by atoms with Gasteiger partial charge in [0, 0.05) is 0 Å². The average Bonchev–Trinajstić information content (AvgIpc) is 2.23. The van der Waals surface area contributed by atoms with Crippen LogP contribution in [-0.4, -0.2) is 0 Å². The summed E-state index contributed by atoms with van der Waals surface area (Å²) in [6.07, 6.45) is 11.3. The van der Waals surface area contributed by atoms with Gasteiger partial charge in [0.05, 0.1) is 0 Å². The van der Waals surface area contributed by atoms with Gasteiger partial charge in [-0.15, -0.1) is 0 Å². The molecule has 92 valence electrons. The molecule has 0 nitrogen and oxygen atoms in total. The molecule has 0 aliphatic heterocycles. The van der Waals surface area contributed by atoms with Crippen LogP contribution in [0.4, 0.5) is 0 Å². The fourth-order valence-corrected chi connectivity index (χ4v) is 2.52. The second-order valence-electron chi connectivity index (χ2n) is 5.60. The third-order valence-electron chi connectivity index (χ3n) is 4.05. The Morgan fingerprint density at radius 3 is 1.80 bits per heavy atom. The van der Waals surface area contributed by atoms with E-state index in [4.69, 9.17) is 0 Å². The summed E-state index contributed by atoms with van der Waals surface area (Å²) in [6.45, 7) is 11.8. The van der Waals surface area contributed by atoms with Gasteiger partial charge in [-0.2, -0.15) is 0 Å². The van der Waals surface area contributed by atoms with Gasteiger partial charge in [-0.05, 0) is 24.2 Å². The Kier molecular flexibility index (Phi) is 8.19. The molecular weight excluding hydrogens is 180 g/mol. The Labute approximate surface area is 97.8 Å². The summed E-state index contributed by atoms with van der Waals surface area (Å²) in [5.74, 6) is 0.877. The van der Waals surface area contributed by atoms with Crippen molar-refractivity contribution in [3.63, 3.8) is 0 Å². The molecule has 0 heterocycles. The zero-order valence-corrected chi connectivity index (χ0v) is 11.7. The minimum Gasteiger partial charge on any atom is -0.0654 e. The average molecular weight is 212 g/mol. The van der Waals surface area contributed by atoms with Crippen molar-refractivity contribution in [1.29, 1.82) is 0 Å². The molecule has 0 aliphatic rings. The first-order valence-corrected chi connectivity index (χ1v) is 7.10. The number of rotatable bonds is 9. The summed E-state index contributed by atoms with van der Waals surface area (Å²) in [6, 6.07) is 0. The summed E-state index contributed by atoms with van der Waals surface area (Å²) in [5.41, 5.74) is 0.672. The first-order valence-electron chi connectivity index (χ1n) is 7.10. The van der Waals surface area contributed by atoms with Gasteiger partial charge in [-0.1, -0.05) is 73.1 Å². The van der Waals surface area contributed by atoms with Crippen LogP contribution in [0.15, 0.2) is 0 Å². The van der Waals surface area contributed by atoms with Crippen LogP contribution >= 0.6 is 0 Å². The monoisotopic (exact) mass is 212 g/mol. The van der Waals surface area contributed by atoms with E-state index >= 15 is 0 Å². The van der Waals surface area contributed by atoms with E-state index < -0.39 is 0 Å². The maximum absolute atomic E-state index is 2.38. The highest BCUT2D eigenvalue weighted by Gasteiger charge is 2.24. The number of hydrogen-bond acceptors (Lipinski definition) is 0. The van der Waals surface area contributed by atoms with E-state index in [2.05, 4.69) is 34.6 Å². The van der Waals surface area contributed by atoms with Crippen molar-refractivity contribution in [3.05, 3.63) is 0 Å². The zero-order chi connectivity index (χ0) is 11.7. The molecule has 0 unspecified atom stereocenters. The molecular formula is C15H32. The van der Waals surface area contributed by atoms with Gasteiger partial charge >= 0.3 is 0 Å². The van der Waals surface area contributed by atoms with Crippen molar-refractivity contribution in [2.75, 3.05) is 0 Å². The molecule has 0 saturated heterocycles. The lowest BCUT2D eigenvalue weighted by Gasteiger charge is -2.32. The quantitative estimate of drug-likeness (QED) is 0.452. The van der Waals surface area contributed by atoms with Gasteiger partial charge in [-0.25, -0.2) is 0 Å². The molecule has 0 aliphatic carbocycles. The van der Waals surface area contributed by atoms with Crippen molar-refractivity contribution in [1.82, 2.24) is 0 Å². The van der Waals surface area contributed by atoms with Gasteiger partial charge in [0.2, 0.25) is 0 Å². The summed E-state index contributed by atoms with van der Waals surface area (Å²) >= 11 is 0. The molecule has 0 saturated carbocycles. The van der Waals surface area contributed by atoms with E-state index in [-0.39, 0.29) is 0 Å². The molecule has 0 heteroatoms. The highest BCUT2D eigenvalue weighted by molar-refractivity contribution is 4.76. The molecule has 0 aromatic heterocycles. The third-order valence-corrected chi connectivity index (χ3v) is 4.05. The number of hydrogen-bond donors (Lipinski definition) is 0. The van der Waals surface area contributed by atoms with E-state index in [0.29, 0.717) is 5.41 Å². The lowest BCUT2D eigenvalue weighted by Crippen LogP contribution is -2.19. The molecule has 0 aromatic rings. The van der Waals surface area contributed by atoms with E-state index in [1.165, 1.54) is 51.4 Å². The minimum absolute atomic E-state index is 0.672. The fraction of sp³-hybridized carbons (Fsp3) is 1.00. The molecule has 0 rings (SSSR count). The van der Waals surface area contributed by atoms with Crippen molar-refractivity contribution < 1.29 is 0 Å². The standard InChI is InChI=1S/C15H32/c1-6-9-12-15(7-2,8-3)13-10-11-14(4)5/h14H,6-13H2,1-5H3. The van der Waals surface area contributed by atoms with Crippen LogP contribution < -0.4 is 0 Å². The Balaban J connectivity index is 3.99. The molecule has 0 amide bonds. The third kappa shape index (κ3) is 6.22. The summed E-state index contributed by atoms with van der Waals surface area (Å²) in [4.78, 5) is 0. The minimum atomic E-state index is 0.672. The van der Waals surface area contributed by atoms with Crippen LogP contribution in [0.5, 0.6) is 0 Å². The lowest BCUT2D eigenvalue weighted by molar-refractivity contribution is 0.201. The second kappa shape index (κ2) is 8.19. The summed E-state index contributed by atoms with van der Waals surface area (Å²) in [7, 11) is 0. The highest BCUT2D eigenvalue weighted by atomic mass is 14.3. The van der Waals surface area contributed by atoms with E-state index in [1.54, 1.807) is 0 Å². The summed E-state index contributed by atoms with van der Waals surface area (Å²) < 4.78 is 0. The Morgan fingerprint density at radius 1 is 0.867 bits per heavy atom. The Bertz CT molecular complexity index is 131. The SMILES string of the molecule is CCCCC(CC)(CC)CCCC(C)C.